The Morgan fingerprint density at radius 3 is 2.00 bits per heavy atom. The van der Waals surface area contributed by atoms with E-state index in [0.29, 0.717) is 0 Å². The van der Waals surface area contributed by atoms with Crippen molar-refractivity contribution in [2.75, 3.05) is 6.54 Å². The van der Waals surface area contributed by atoms with Gasteiger partial charge in [0.1, 0.15) is 0 Å². The van der Waals surface area contributed by atoms with Crippen molar-refractivity contribution in [2.45, 2.75) is 46.0 Å². The first-order valence-electron chi connectivity index (χ1n) is 5.45. The van der Waals surface area contributed by atoms with Gasteiger partial charge >= 0.3 is 0 Å². The van der Waals surface area contributed by atoms with Crippen LogP contribution in [0.25, 0.3) is 0 Å². The van der Waals surface area contributed by atoms with E-state index in [-0.39, 0.29) is 0 Å². The van der Waals surface area contributed by atoms with Gasteiger partial charge in [0.2, 0.25) is 0 Å². The molecule has 72 valence electrons. The molecule has 0 spiro atoms. The standard InChI is InChI=1S/C11H23N/c1-9-5-3-4-6-10(2)11(9)7-8-12/h9-11H,3-8,12H2,1-2H3. The van der Waals surface area contributed by atoms with Crippen LogP contribution in [0.2, 0.25) is 0 Å². The van der Waals surface area contributed by atoms with Gasteiger partial charge in [-0.25, -0.2) is 0 Å². The number of rotatable bonds is 2. The second kappa shape index (κ2) is 4.86. The Kier molecular flexibility index (Phi) is 4.07. The summed E-state index contributed by atoms with van der Waals surface area (Å²) in [6.07, 6.45) is 6.96. The molecular weight excluding hydrogens is 146 g/mol. The van der Waals surface area contributed by atoms with Crippen LogP contribution < -0.4 is 5.73 Å². The molecule has 0 saturated heterocycles. The Labute approximate surface area is 76.7 Å². The Bertz CT molecular complexity index is 110. The van der Waals surface area contributed by atoms with E-state index in [4.69, 9.17) is 5.73 Å². The largest absolute Gasteiger partial charge is 0.330 e. The summed E-state index contributed by atoms with van der Waals surface area (Å²) in [6.45, 7) is 5.68. The van der Waals surface area contributed by atoms with Crippen LogP contribution in [0.3, 0.4) is 0 Å². The van der Waals surface area contributed by atoms with E-state index in [1.807, 2.05) is 0 Å². The van der Waals surface area contributed by atoms with E-state index in [1.54, 1.807) is 0 Å². The SMILES string of the molecule is CC1CCCCC(C)C1CCN. The molecule has 0 aromatic rings. The fourth-order valence-electron chi connectivity index (χ4n) is 2.68. The minimum atomic E-state index is 0.874. The average Bonchev–Trinajstić information content (AvgIpc) is 2.19. The Morgan fingerprint density at radius 2 is 1.58 bits per heavy atom. The van der Waals surface area contributed by atoms with Crippen molar-refractivity contribution in [3.05, 3.63) is 0 Å². The monoisotopic (exact) mass is 169 g/mol. The lowest BCUT2D eigenvalue weighted by Gasteiger charge is -2.26. The molecule has 0 radical (unpaired) electrons. The molecule has 1 fully saturated rings. The van der Waals surface area contributed by atoms with E-state index in [9.17, 15) is 0 Å². The zero-order valence-electron chi connectivity index (χ0n) is 8.55. The van der Waals surface area contributed by atoms with Gasteiger partial charge in [0.15, 0.2) is 0 Å². The van der Waals surface area contributed by atoms with Gasteiger partial charge in [0, 0.05) is 0 Å². The van der Waals surface area contributed by atoms with E-state index in [2.05, 4.69) is 13.8 Å². The van der Waals surface area contributed by atoms with Crippen LogP contribution in [0.5, 0.6) is 0 Å². The normalized spacial score (nSPS) is 37.8. The van der Waals surface area contributed by atoms with Crippen LogP contribution in [0, 0.1) is 17.8 Å². The predicted octanol–water partition coefficient (Wildman–Crippen LogP) is 2.80. The summed E-state index contributed by atoms with van der Waals surface area (Å²) >= 11 is 0. The first-order valence-corrected chi connectivity index (χ1v) is 5.45. The van der Waals surface area contributed by atoms with Crippen LogP contribution in [0.15, 0.2) is 0 Å². The van der Waals surface area contributed by atoms with Crippen molar-refractivity contribution in [3.8, 4) is 0 Å². The van der Waals surface area contributed by atoms with Crippen molar-refractivity contribution in [1.82, 2.24) is 0 Å². The Balaban J connectivity index is 2.49. The lowest BCUT2D eigenvalue weighted by molar-refractivity contribution is 0.246. The summed E-state index contributed by atoms with van der Waals surface area (Å²) in [4.78, 5) is 0. The van der Waals surface area contributed by atoms with E-state index in [0.717, 1.165) is 24.3 Å². The molecule has 1 heteroatoms. The molecule has 1 saturated carbocycles. The number of hydrogen-bond donors (Lipinski definition) is 1. The molecule has 0 aliphatic heterocycles. The molecule has 1 nitrogen and oxygen atoms in total. The van der Waals surface area contributed by atoms with Gasteiger partial charge in [-0.05, 0) is 30.7 Å². The summed E-state index contributed by atoms with van der Waals surface area (Å²) < 4.78 is 0. The lowest BCUT2D eigenvalue weighted by atomic mass is 9.80. The van der Waals surface area contributed by atoms with Crippen molar-refractivity contribution < 1.29 is 0 Å². The highest BCUT2D eigenvalue weighted by Gasteiger charge is 2.24. The Hall–Kier alpha value is -0.0400. The van der Waals surface area contributed by atoms with Crippen molar-refractivity contribution in [2.24, 2.45) is 23.5 Å². The smallest absolute Gasteiger partial charge is 0.00744 e. The van der Waals surface area contributed by atoms with Crippen molar-refractivity contribution in [1.29, 1.82) is 0 Å². The maximum absolute atomic E-state index is 5.63. The average molecular weight is 169 g/mol. The second-order valence-electron chi connectivity index (χ2n) is 4.48. The highest BCUT2D eigenvalue weighted by atomic mass is 14.5. The van der Waals surface area contributed by atoms with E-state index in [1.165, 1.54) is 32.1 Å². The van der Waals surface area contributed by atoms with Gasteiger partial charge in [-0.1, -0.05) is 39.5 Å². The van der Waals surface area contributed by atoms with E-state index < -0.39 is 0 Å². The van der Waals surface area contributed by atoms with Gasteiger partial charge in [0.05, 0.1) is 0 Å². The minimum absolute atomic E-state index is 0.874. The Morgan fingerprint density at radius 1 is 1.08 bits per heavy atom. The molecule has 0 bridgehead atoms. The lowest BCUT2D eigenvalue weighted by Crippen LogP contribution is -2.21. The third kappa shape index (κ3) is 2.48. The molecule has 0 aromatic carbocycles. The van der Waals surface area contributed by atoms with Crippen molar-refractivity contribution >= 4 is 0 Å². The molecule has 1 aliphatic carbocycles. The first kappa shape index (κ1) is 10.0. The molecule has 0 amide bonds. The van der Waals surface area contributed by atoms with Gasteiger partial charge in [-0.15, -0.1) is 0 Å². The summed E-state index contributed by atoms with van der Waals surface area (Å²) in [5, 5.41) is 0. The van der Waals surface area contributed by atoms with Gasteiger partial charge in [-0.3, -0.25) is 0 Å². The highest BCUT2D eigenvalue weighted by molar-refractivity contribution is 4.76. The van der Waals surface area contributed by atoms with Crippen LogP contribution >= 0.6 is 0 Å². The van der Waals surface area contributed by atoms with Crippen LogP contribution in [-0.2, 0) is 0 Å². The topological polar surface area (TPSA) is 26.0 Å². The fourth-order valence-corrected chi connectivity index (χ4v) is 2.68. The van der Waals surface area contributed by atoms with Gasteiger partial charge in [0.25, 0.3) is 0 Å². The molecule has 2 unspecified atom stereocenters. The van der Waals surface area contributed by atoms with Crippen LogP contribution in [-0.4, -0.2) is 6.54 Å². The third-order valence-corrected chi connectivity index (χ3v) is 3.53. The van der Waals surface area contributed by atoms with Gasteiger partial charge < -0.3 is 5.73 Å². The number of hydrogen-bond acceptors (Lipinski definition) is 1. The van der Waals surface area contributed by atoms with Gasteiger partial charge in [-0.2, -0.15) is 0 Å². The zero-order chi connectivity index (χ0) is 8.97. The molecule has 0 aromatic heterocycles. The predicted molar refractivity (Wildman–Crippen MR) is 54.0 cm³/mol. The van der Waals surface area contributed by atoms with Crippen LogP contribution in [0.1, 0.15) is 46.0 Å². The van der Waals surface area contributed by atoms with E-state index >= 15 is 0 Å². The maximum atomic E-state index is 5.63. The maximum Gasteiger partial charge on any atom is -0.00744 e. The first-order chi connectivity index (χ1) is 5.75. The molecule has 2 atom stereocenters. The fraction of sp³-hybridized carbons (Fsp3) is 1.00. The molecule has 1 rings (SSSR count). The summed E-state index contributed by atoms with van der Waals surface area (Å²) in [5.41, 5.74) is 5.63. The summed E-state index contributed by atoms with van der Waals surface area (Å²) in [6, 6.07) is 0. The highest BCUT2D eigenvalue weighted by Crippen LogP contribution is 2.34. The van der Waals surface area contributed by atoms with Crippen molar-refractivity contribution in [3.63, 3.8) is 0 Å². The molecular formula is C11H23N. The quantitative estimate of drug-likeness (QED) is 0.632. The molecule has 2 N–H and O–H groups in total. The summed E-state index contributed by atoms with van der Waals surface area (Å²) in [7, 11) is 0. The minimum Gasteiger partial charge on any atom is -0.330 e. The number of nitrogens with two attached hydrogens (primary N) is 1. The molecule has 12 heavy (non-hydrogen) atoms. The molecule has 1 aliphatic rings. The zero-order valence-corrected chi connectivity index (χ0v) is 8.55. The third-order valence-electron chi connectivity index (χ3n) is 3.53. The van der Waals surface area contributed by atoms with Crippen LogP contribution in [0.4, 0.5) is 0 Å². The molecule has 0 heterocycles. The second-order valence-corrected chi connectivity index (χ2v) is 4.48. The summed E-state index contributed by atoms with van der Waals surface area (Å²) in [5.74, 6) is 2.72.